The van der Waals surface area contributed by atoms with Crippen molar-refractivity contribution in [1.82, 2.24) is 29.7 Å². The summed E-state index contributed by atoms with van der Waals surface area (Å²) >= 11 is 6.84. The fourth-order valence-electron chi connectivity index (χ4n) is 5.71. The molecule has 3 aromatic rings. The molecule has 208 valence electrons. The molecule has 0 saturated heterocycles. The van der Waals surface area contributed by atoms with E-state index in [1.54, 1.807) is 14.2 Å². The van der Waals surface area contributed by atoms with Crippen molar-refractivity contribution in [3.63, 3.8) is 0 Å². The number of aryl methyl sites for hydroxylation is 2. The molecule has 0 fully saturated rings. The lowest BCUT2D eigenvalue weighted by Gasteiger charge is -2.37. The summed E-state index contributed by atoms with van der Waals surface area (Å²) in [4.78, 5) is 14.4. The van der Waals surface area contributed by atoms with Gasteiger partial charge in [0.15, 0.2) is 5.84 Å². The van der Waals surface area contributed by atoms with Gasteiger partial charge in [0, 0.05) is 44.7 Å². The second-order valence-electron chi connectivity index (χ2n) is 10.2. The van der Waals surface area contributed by atoms with Crippen LogP contribution in [0.2, 0.25) is 5.02 Å². The van der Waals surface area contributed by atoms with Crippen LogP contribution in [0.15, 0.2) is 29.4 Å². The highest BCUT2D eigenvalue weighted by Crippen LogP contribution is 2.38. The van der Waals surface area contributed by atoms with Crippen molar-refractivity contribution in [2.75, 3.05) is 32.6 Å². The van der Waals surface area contributed by atoms with Crippen LogP contribution in [0.3, 0.4) is 0 Å². The van der Waals surface area contributed by atoms with E-state index in [0.29, 0.717) is 35.7 Å². The molecule has 0 aliphatic carbocycles. The van der Waals surface area contributed by atoms with E-state index in [9.17, 15) is 0 Å². The van der Waals surface area contributed by atoms with Crippen LogP contribution in [0.1, 0.15) is 59.6 Å². The highest BCUT2D eigenvalue weighted by Gasteiger charge is 2.33. The van der Waals surface area contributed by atoms with Crippen LogP contribution in [0.4, 0.5) is 5.82 Å². The number of nitrogens with zero attached hydrogens (tertiary/aromatic N) is 8. The van der Waals surface area contributed by atoms with Crippen molar-refractivity contribution in [3.8, 4) is 6.01 Å². The molecule has 0 radical (unpaired) electrons. The molecule has 1 unspecified atom stereocenters. The van der Waals surface area contributed by atoms with Crippen molar-refractivity contribution >= 4 is 23.3 Å². The number of fused-ring (bicyclic) bond motifs is 2. The van der Waals surface area contributed by atoms with Gasteiger partial charge in [-0.2, -0.15) is 20.2 Å². The summed E-state index contributed by atoms with van der Waals surface area (Å²) in [5.74, 6) is 12.7. The number of benzene rings is 1. The second-order valence-corrected chi connectivity index (χ2v) is 10.6. The summed E-state index contributed by atoms with van der Waals surface area (Å²) in [6, 6.07) is 9.37. The normalized spacial score (nSPS) is 17.9. The average molecular weight is 553 g/mol. The molecule has 0 amide bonds. The van der Waals surface area contributed by atoms with Gasteiger partial charge in [-0.15, -0.1) is 0 Å². The van der Waals surface area contributed by atoms with E-state index < -0.39 is 0 Å². The molecule has 4 N–H and O–H groups in total. The van der Waals surface area contributed by atoms with Crippen molar-refractivity contribution in [1.29, 1.82) is 0 Å². The Hall–Kier alpha value is -3.41. The smallest absolute Gasteiger partial charge is 0.318 e. The predicted octanol–water partition coefficient (Wildman–Crippen LogP) is 2.85. The topological polar surface area (TPSA) is 127 Å². The number of likely N-dealkylation sites (N-methyl/N-ethyl adjacent to an activating group) is 1. The quantitative estimate of drug-likeness (QED) is 0.205. The molecule has 0 saturated carbocycles. The number of anilines is 1. The van der Waals surface area contributed by atoms with E-state index in [-0.39, 0.29) is 6.04 Å². The molecule has 0 spiro atoms. The van der Waals surface area contributed by atoms with Crippen molar-refractivity contribution in [2.45, 2.75) is 58.3 Å². The van der Waals surface area contributed by atoms with Gasteiger partial charge in [0.2, 0.25) is 0 Å². The van der Waals surface area contributed by atoms with E-state index in [0.717, 1.165) is 61.5 Å². The third-order valence-corrected chi connectivity index (χ3v) is 7.99. The molecule has 2 aliphatic rings. The third kappa shape index (κ3) is 5.13. The Morgan fingerprint density at radius 1 is 1.23 bits per heavy atom. The minimum atomic E-state index is 0.234. The van der Waals surface area contributed by atoms with Crippen LogP contribution in [-0.2, 0) is 32.5 Å². The van der Waals surface area contributed by atoms with Crippen LogP contribution in [0.25, 0.3) is 0 Å². The molecule has 11 nitrogen and oxygen atoms in total. The maximum atomic E-state index is 6.84. The SMILES string of the molecule is CCCc1ccccc1C1Cc2nc(OC)nc(N3CCCn4nc(/C(=N/N)N(C)N)c(Cl)c4C3)c2CN1C. The predicted molar refractivity (Wildman–Crippen MR) is 153 cm³/mol. The monoisotopic (exact) mass is 552 g/mol. The number of hydrogen-bond donors (Lipinski definition) is 2. The number of halogens is 1. The number of nitrogens with two attached hydrogens (primary N) is 2. The average Bonchev–Trinajstić information content (AvgIpc) is 3.08. The maximum absolute atomic E-state index is 6.84. The number of amidine groups is 1. The van der Waals surface area contributed by atoms with Crippen molar-refractivity contribution in [2.24, 2.45) is 16.8 Å². The summed E-state index contributed by atoms with van der Waals surface area (Å²) < 4.78 is 7.51. The Kier molecular flexibility index (Phi) is 7.92. The van der Waals surface area contributed by atoms with Gasteiger partial charge in [-0.3, -0.25) is 14.6 Å². The fourth-order valence-corrected chi connectivity index (χ4v) is 5.99. The number of hydrazone groups is 1. The van der Waals surface area contributed by atoms with Crippen molar-refractivity contribution < 1.29 is 4.74 Å². The molecular weight excluding hydrogens is 516 g/mol. The number of aromatic nitrogens is 4. The van der Waals surface area contributed by atoms with Gasteiger partial charge < -0.3 is 15.5 Å². The van der Waals surface area contributed by atoms with Gasteiger partial charge in [0.05, 0.1) is 30.1 Å². The van der Waals surface area contributed by atoms with Gasteiger partial charge in [-0.25, -0.2) is 5.84 Å². The molecule has 1 aromatic carbocycles. The molecule has 1 atom stereocenters. The lowest BCUT2D eigenvalue weighted by molar-refractivity contribution is 0.212. The van der Waals surface area contributed by atoms with Crippen LogP contribution >= 0.6 is 11.6 Å². The van der Waals surface area contributed by atoms with Crippen LogP contribution in [-0.4, -0.2) is 63.2 Å². The largest absolute Gasteiger partial charge is 0.467 e. The zero-order chi connectivity index (χ0) is 27.7. The minimum Gasteiger partial charge on any atom is -0.467 e. The Morgan fingerprint density at radius 2 is 2.03 bits per heavy atom. The molecule has 12 heteroatoms. The van der Waals surface area contributed by atoms with Crippen LogP contribution in [0.5, 0.6) is 6.01 Å². The van der Waals surface area contributed by atoms with Gasteiger partial charge >= 0.3 is 6.01 Å². The van der Waals surface area contributed by atoms with Gasteiger partial charge in [-0.05, 0) is 31.0 Å². The van der Waals surface area contributed by atoms with E-state index in [2.05, 4.69) is 53.1 Å². The van der Waals surface area contributed by atoms with E-state index >= 15 is 0 Å². The molecule has 2 aromatic heterocycles. The molecule has 5 rings (SSSR count). The Labute approximate surface area is 234 Å². The molecular formula is C27H37ClN10O. The lowest BCUT2D eigenvalue weighted by atomic mass is 9.89. The molecule has 2 aliphatic heterocycles. The van der Waals surface area contributed by atoms with E-state index in [1.165, 1.54) is 16.1 Å². The maximum Gasteiger partial charge on any atom is 0.318 e. The number of methoxy groups -OCH3 is 1. The summed E-state index contributed by atoms with van der Waals surface area (Å²) in [5, 5.41) is 10.3. The van der Waals surface area contributed by atoms with Gasteiger partial charge in [-0.1, -0.05) is 49.2 Å². The number of hydrazine groups is 1. The van der Waals surface area contributed by atoms with Crippen molar-refractivity contribution in [3.05, 3.63) is 63.1 Å². The minimum absolute atomic E-state index is 0.234. The summed E-state index contributed by atoms with van der Waals surface area (Å²) in [5.41, 5.74) is 6.25. The van der Waals surface area contributed by atoms with E-state index in [4.69, 9.17) is 43.1 Å². The third-order valence-electron chi connectivity index (χ3n) is 7.59. The van der Waals surface area contributed by atoms with Gasteiger partial charge in [0.1, 0.15) is 11.5 Å². The van der Waals surface area contributed by atoms with Gasteiger partial charge in [0.25, 0.3) is 0 Å². The van der Waals surface area contributed by atoms with E-state index in [1.807, 2.05) is 4.68 Å². The molecule has 39 heavy (non-hydrogen) atoms. The molecule has 4 heterocycles. The first-order chi connectivity index (χ1) is 18.9. The Balaban J connectivity index is 1.52. The second kappa shape index (κ2) is 11.4. The highest BCUT2D eigenvalue weighted by atomic mass is 35.5. The highest BCUT2D eigenvalue weighted by molar-refractivity contribution is 6.34. The number of hydrogen-bond acceptors (Lipinski definition) is 9. The number of ether oxygens (including phenoxy) is 1. The Morgan fingerprint density at radius 3 is 2.74 bits per heavy atom. The Bertz CT molecular complexity index is 1370. The first kappa shape index (κ1) is 27.2. The standard InChI is InChI=1S/C27H37ClN10O/c1-5-9-17-10-6-7-11-18(17)21-14-20-19(15-35(21)2)25(32-27(31-20)39-4)37-12-8-13-38-22(16-37)23(28)24(34-38)26(33-29)36(3)30/h6-7,10-11,21H,5,8-9,12-16,29-30H2,1-4H3/b33-26-. The zero-order valence-corrected chi connectivity index (χ0v) is 23.8. The molecule has 0 bridgehead atoms. The lowest BCUT2D eigenvalue weighted by Crippen LogP contribution is -2.35. The number of rotatable bonds is 6. The summed E-state index contributed by atoms with van der Waals surface area (Å²) in [6.07, 6.45) is 3.82. The summed E-state index contributed by atoms with van der Waals surface area (Å²) in [7, 11) is 5.46. The van der Waals surface area contributed by atoms with Crippen LogP contribution < -0.4 is 21.3 Å². The van der Waals surface area contributed by atoms with Crippen LogP contribution in [0, 0.1) is 0 Å². The first-order valence-electron chi connectivity index (χ1n) is 13.3. The first-order valence-corrected chi connectivity index (χ1v) is 13.7. The fraction of sp³-hybridized carbons (Fsp3) is 0.481. The summed E-state index contributed by atoms with van der Waals surface area (Å²) in [6.45, 7) is 4.98. The zero-order valence-electron chi connectivity index (χ0n) is 23.1.